The van der Waals surface area contributed by atoms with Crippen molar-refractivity contribution in [3.8, 4) is 5.75 Å². The van der Waals surface area contributed by atoms with Gasteiger partial charge in [0, 0.05) is 16.1 Å². The average Bonchev–Trinajstić information content (AvgIpc) is 3.42. The molecule has 1 aliphatic rings. The van der Waals surface area contributed by atoms with E-state index in [-0.39, 0.29) is 17.7 Å². The molecule has 0 saturated heterocycles. The second-order valence-corrected chi connectivity index (χ2v) is 12.5. The predicted molar refractivity (Wildman–Crippen MR) is 187 cm³/mol. The van der Waals surface area contributed by atoms with Crippen molar-refractivity contribution < 1.29 is 18.7 Å². The zero-order valence-electron chi connectivity index (χ0n) is 25.7. The summed E-state index contributed by atoms with van der Waals surface area (Å²) in [4.78, 5) is 33.2. The molecule has 0 bridgehead atoms. The molecule has 7 rings (SSSR count). The first-order chi connectivity index (χ1) is 23.4. The molecule has 0 fully saturated rings. The van der Waals surface area contributed by atoms with E-state index in [2.05, 4.69) is 18.2 Å². The number of aromatic nitrogens is 1. The number of carbonyl (C=O) groups is 1. The van der Waals surface area contributed by atoms with Crippen LogP contribution in [0.1, 0.15) is 35.2 Å². The van der Waals surface area contributed by atoms with Crippen LogP contribution in [-0.2, 0) is 16.1 Å². The van der Waals surface area contributed by atoms with E-state index in [1.54, 1.807) is 43.3 Å². The Kier molecular flexibility index (Phi) is 8.76. The van der Waals surface area contributed by atoms with Gasteiger partial charge in [0.25, 0.3) is 5.56 Å². The first-order valence-electron chi connectivity index (χ1n) is 15.3. The second-order valence-electron chi connectivity index (χ2n) is 11.1. The second kappa shape index (κ2) is 13.4. The number of nitrogens with zero attached hydrogens (tertiary/aromatic N) is 2. The van der Waals surface area contributed by atoms with E-state index in [0.29, 0.717) is 49.1 Å². The van der Waals surface area contributed by atoms with Gasteiger partial charge < -0.3 is 9.47 Å². The van der Waals surface area contributed by atoms with Crippen molar-refractivity contribution in [1.29, 1.82) is 0 Å². The summed E-state index contributed by atoms with van der Waals surface area (Å²) in [5, 5.41) is 2.69. The maximum atomic E-state index is 14.3. The van der Waals surface area contributed by atoms with E-state index in [0.717, 1.165) is 16.3 Å². The summed E-state index contributed by atoms with van der Waals surface area (Å²) in [6.45, 7) is 2.15. The van der Waals surface area contributed by atoms with Gasteiger partial charge in [-0.1, -0.05) is 108 Å². The van der Waals surface area contributed by atoms with Crippen LogP contribution in [0.4, 0.5) is 4.39 Å². The van der Waals surface area contributed by atoms with Crippen LogP contribution in [0.3, 0.4) is 0 Å². The third-order valence-corrected chi connectivity index (χ3v) is 9.30. The zero-order valence-corrected chi connectivity index (χ0v) is 27.3. The number of thiazole rings is 1. The fourth-order valence-corrected chi connectivity index (χ4v) is 7.05. The summed E-state index contributed by atoms with van der Waals surface area (Å²) in [5.41, 5.74) is 3.06. The number of hydrogen-bond acceptors (Lipinski definition) is 6. The van der Waals surface area contributed by atoms with Crippen LogP contribution in [0.15, 0.2) is 131 Å². The Hall–Kier alpha value is -5.31. The number of benzene rings is 5. The average molecular weight is 675 g/mol. The van der Waals surface area contributed by atoms with Gasteiger partial charge >= 0.3 is 5.97 Å². The maximum absolute atomic E-state index is 14.3. The lowest BCUT2D eigenvalue weighted by atomic mass is 9.93. The summed E-state index contributed by atoms with van der Waals surface area (Å²) < 4.78 is 27.8. The number of esters is 1. The lowest BCUT2D eigenvalue weighted by Gasteiger charge is -2.25. The molecule has 1 aromatic heterocycles. The smallest absolute Gasteiger partial charge is 0.338 e. The quantitative estimate of drug-likeness (QED) is 0.157. The summed E-state index contributed by atoms with van der Waals surface area (Å²) in [7, 11) is 0. The van der Waals surface area contributed by atoms with Crippen LogP contribution < -0.4 is 19.6 Å². The summed E-state index contributed by atoms with van der Waals surface area (Å²) >= 11 is 7.63. The van der Waals surface area contributed by atoms with Crippen LogP contribution in [-0.4, -0.2) is 17.1 Å². The highest BCUT2D eigenvalue weighted by atomic mass is 35.5. The van der Waals surface area contributed by atoms with Crippen LogP contribution in [0.2, 0.25) is 5.02 Å². The molecule has 6 nitrogen and oxygen atoms in total. The van der Waals surface area contributed by atoms with Crippen LogP contribution in [0.25, 0.3) is 22.5 Å². The normalized spacial score (nSPS) is 14.5. The molecule has 0 radical (unpaired) electrons. The molecule has 238 valence electrons. The minimum atomic E-state index is -0.917. The minimum Gasteiger partial charge on any atom is -0.488 e. The molecule has 0 amide bonds. The molecular weight excluding hydrogens is 647 g/mol. The molecule has 5 aromatic carbocycles. The molecule has 1 atom stereocenters. The molecular formula is C39H28ClFN2O4S. The van der Waals surface area contributed by atoms with E-state index >= 15 is 0 Å². The van der Waals surface area contributed by atoms with Crippen molar-refractivity contribution in [3.63, 3.8) is 0 Å². The van der Waals surface area contributed by atoms with E-state index in [9.17, 15) is 14.0 Å². The minimum absolute atomic E-state index is 0.126. The predicted octanol–water partition coefficient (Wildman–Crippen LogP) is 7.46. The SMILES string of the molecule is CCOC(=O)C1=C(c2ccccc2)N=c2s/c(=C\c3cc(Cl)ccc3OCc3cccc4ccccc34)c(=O)n2[C@H]1c1ccc(F)cc1. The Labute approximate surface area is 284 Å². The Bertz CT molecular complexity index is 2380. The summed E-state index contributed by atoms with van der Waals surface area (Å²) in [6, 6.07) is 33.6. The van der Waals surface area contributed by atoms with Crippen molar-refractivity contribution >= 4 is 51.5 Å². The lowest BCUT2D eigenvalue weighted by Crippen LogP contribution is -2.40. The van der Waals surface area contributed by atoms with Crippen molar-refractivity contribution in [2.45, 2.75) is 19.6 Å². The Morgan fingerprint density at radius 3 is 2.50 bits per heavy atom. The largest absolute Gasteiger partial charge is 0.488 e. The Morgan fingerprint density at radius 1 is 0.958 bits per heavy atom. The fourth-order valence-electron chi connectivity index (χ4n) is 5.88. The van der Waals surface area contributed by atoms with Crippen molar-refractivity contribution in [3.05, 3.63) is 174 Å². The van der Waals surface area contributed by atoms with Gasteiger partial charge in [0.15, 0.2) is 4.80 Å². The van der Waals surface area contributed by atoms with Gasteiger partial charge in [0.05, 0.1) is 28.5 Å². The van der Waals surface area contributed by atoms with Gasteiger partial charge in [-0.05, 0) is 65.2 Å². The standard InChI is InChI=1S/C39H28ClFN2O4S/c1-2-46-38(45)34-35(25-10-4-3-5-11-25)42-39-43(36(34)26-15-18-30(41)19-16-26)37(44)33(48-39)22-28-21-29(40)17-20-32(28)47-23-27-13-8-12-24-9-6-7-14-31(24)27/h3-22,36H,2,23H2,1H3/b33-22-/t36-/m0/s1. The van der Waals surface area contributed by atoms with Gasteiger partial charge in [-0.3, -0.25) is 9.36 Å². The summed E-state index contributed by atoms with van der Waals surface area (Å²) in [6.07, 6.45) is 1.73. The first kappa shape index (κ1) is 31.3. The van der Waals surface area contributed by atoms with Crippen molar-refractivity contribution in [2.24, 2.45) is 4.99 Å². The third-order valence-electron chi connectivity index (χ3n) is 8.08. The highest BCUT2D eigenvalue weighted by Gasteiger charge is 2.35. The molecule has 6 aromatic rings. The van der Waals surface area contributed by atoms with Gasteiger partial charge in [-0.2, -0.15) is 0 Å². The van der Waals surface area contributed by atoms with Crippen LogP contribution >= 0.6 is 22.9 Å². The number of carbonyl (C=O) groups excluding carboxylic acids is 1. The highest BCUT2D eigenvalue weighted by molar-refractivity contribution is 7.07. The van der Waals surface area contributed by atoms with Gasteiger partial charge in [-0.25, -0.2) is 14.2 Å². The number of rotatable bonds is 8. The topological polar surface area (TPSA) is 69.9 Å². The molecule has 0 saturated carbocycles. The highest BCUT2D eigenvalue weighted by Crippen LogP contribution is 2.35. The summed E-state index contributed by atoms with van der Waals surface area (Å²) in [5.74, 6) is -0.499. The molecule has 2 heterocycles. The molecule has 0 aliphatic carbocycles. The lowest BCUT2D eigenvalue weighted by molar-refractivity contribution is -0.138. The monoisotopic (exact) mass is 674 g/mol. The molecule has 0 N–H and O–H groups in total. The molecule has 0 unspecified atom stereocenters. The number of ether oxygens (including phenoxy) is 2. The number of hydrogen-bond donors (Lipinski definition) is 0. The van der Waals surface area contributed by atoms with Crippen molar-refractivity contribution in [2.75, 3.05) is 6.61 Å². The van der Waals surface area contributed by atoms with E-state index < -0.39 is 17.8 Å². The van der Waals surface area contributed by atoms with E-state index in [1.165, 1.54) is 28.0 Å². The Morgan fingerprint density at radius 2 is 1.71 bits per heavy atom. The van der Waals surface area contributed by atoms with Crippen molar-refractivity contribution in [1.82, 2.24) is 4.57 Å². The van der Waals surface area contributed by atoms with Gasteiger partial charge in [-0.15, -0.1) is 0 Å². The van der Waals surface area contributed by atoms with E-state index in [4.69, 9.17) is 26.1 Å². The van der Waals surface area contributed by atoms with Gasteiger partial charge in [0.2, 0.25) is 0 Å². The first-order valence-corrected chi connectivity index (χ1v) is 16.5. The van der Waals surface area contributed by atoms with E-state index in [1.807, 2.05) is 54.6 Å². The third kappa shape index (κ3) is 6.08. The molecule has 9 heteroatoms. The maximum Gasteiger partial charge on any atom is 0.338 e. The van der Waals surface area contributed by atoms with Crippen LogP contribution in [0.5, 0.6) is 5.75 Å². The fraction of sp³-hybridized carbons (Fsp3) is 0.103. The number of halogens is 2. The molecule has 1 aliphatic heterocycles. The molecule has 0 spiro atoms. The Balaban J connectivity index is 1.38. The van der Waals surface area contributed by atoms with Gasteiger partial charge in [0.1, 0.15) is 18.2 Å². The van der Waals surface area contributed by atoms with Crippen LogP contribution in [0, 0.1) is 5.82 Å². The zero-order chi connectivity index (χ0) is 33.2. The molecule has 48 heavy (non-hydrogen) atoms. The number of fused-ring (bicyclic) bond motifs is 2.